The molecule has 4 saturated heterocycles. The van der Waals surface area contributed by atoms with E-state index in [1.54, 1.807) is 0 Å². The molecule has 136 valence electrons. The van der Waals surface area contributed by atoms with Gasteiger partial charge >= 0.3 is 0 Å². The van der Waals surface area contributed by atoms with Crippen molar-refractivity contribution in [3.05, 3.63) is 46.2 Å². The molecule has 5 aliphatic rings. The van der Waals surface area contributed by atoms with E-state index in [1.807, 2.05) is 11.3 Å². The summed E-state index contributed by atoms with van der Waals surface area (Å²) in [7, 11) is 0. The van der Waals surface area contributed by atoms with Gasteiger partial charge in [-0.05, 0) is 61.0 Å². The second-order valence-electron chi connectivity index (χ2n) is 8.08. The Bertz CT molecular complexity index is 800. The molecule has 0 radical (unpaired) electrons. The van der Waals surface area contributed by atoms with Crippen LogP contribution in [-0.2, 0) is 6.54 Å². The zero-order chi connectivity index (χ0) is 17.1. The molecule has 0 aliphatic carbocycles. The van der Waals surface area contributed by atoms with Crippen molar-refractivity contribution in [1.82, 2.24) is 9.80 Å². The van der Waals surface area contributed by atoms with Gasteiger partial charge in [-0.2, -0.15) is 0 Å². The summed E-state index contributed by atoms with van der Waals surface area (Å²) >= 11 is 1.89. The highest BCUT2D eigenvalue weighted by Crippen LogP contribution is 2.48. The van der Waals surface area contributed by atoms with Crippen LogP contribution in [0.5, 0.6) is 11.5 Å². The maximum absolute atomic E-state index is 5.66. The Hall–Kier alpha value is -1.56. The molecule has 5 heteroatoms. The molecule has 4 fully saturated rings. The Balaban J connectivity index is 1.36. The zero-order valence-electron chi connectivity index (χ0n) is 14.8. The van der Waals surface area contributed by atoms with Crippen LogP contribution in [0.4, 0.5) is 0 Å². The predicted molar refractivity (Wildman–Crippen MR) is 102 cm³/mol. The minimum absolute atomic E-state index is 0.355. The lowest BCUT2D eigenvalue weighted by atomic mass is 9.75. The first-order valence-electron chi connectivity index (χ1n) is 9.77. The van der Waals surface area contributed by atoms with E-state index in [2.05, 4.69) is 45.5 Å². The molecule has 4 nitrogen and oxygen atoms in total. The maximum Gasteiger partial charge on any atom is 0.231 e. The Morgan fingerprint density at radius 1 is 1.04 bits per heavy atom. The van der Waals surface area contributed by atoms with Gasteiger partial charge in [-0.3, -0.25) is 9.80 Å². The largest absolute Gasteiger partial charge is 0.454 e. The molecule has 0 unspecified atom stereocenters. The summed E-state index contributed by atoms with van der Waals surface area (Å²) in [6.45, 7) is 5.16. The summed E-state index contributed by atoms with van der Waals surface area (Å²) in [4.78, 5) is 7.04. The van der Waals surface area contributed by atoms with Crippen molar-refractivity contribution in [2.45, 2.75) is 37.4 Å². The molecule has 2 bridgehead atoms. The van der Waals surface area contributed by atoms with Gasteiger partial charge in [0.15, 0.2) is 11.5 Å². The highest BCUT2D eigenvalue weighted by molar-refractivity contribution is 7.09. The number of piperidine rings is 3. The molecule has 0 amide bonds. The minimum atomic E-state index is 0.355. The number of likely N-dealkylation sites (tertiary alicyclic amines) is 1. The van der Waals surface area contributed by atoms with E-state index < -0.39 is 0 Å². The Morgan fingerprint density at radius 2 is 1.92 bits per heavy atom. The summed E-state index contributed by atoms with van der Waals surface area (Å²) in [5.41, 5.74) is 1.42. The van der Waals surface area contributed by atoms with Crippen molar-refractivity contribution in [2.75, 3.05) is 26.4 Å². The molecule has 2 aromatic rings. The Morgan fingerprint density at radius 3 is 2.77 bits per heavy atom. The summed E-state index contributed by atoms with van der Waals surface area (Å²) in [6.07, 6.45) is 2.74. The van der Waals surface area contributed by atoms with Crippen molar-refractivity contribution in [1.29, 1.82) is 0 Å². The van der Waals surface area contributed by atoms with Gasteiger partial charge in [0, 0.05) is 36.0 Å². The Labute approximate surface area is 158 Å². The fourth-order valence-electron chi connectivity index (χ4n) is 5.76. The van der Waals surface area contributed by atoms with Crippen LogP contribution in [-0.4, -0.2) is 48.3 Å². The van der Waals surface area contributed by atoms with Crippen molar-refractivity contribution < 1.29 is 9.47 Å². The SMILES string of the molecule is c1csc(CN2C[C@@H](c3ccc4c(c3)OCO4)[C@@H]3[C@H]2C2CCN3CC2)c1. The molecule has 0 spiro atoms. The second kappa shape index (κ2) is 5.98. The average molecular weight is 369 g/mol. The third-order valence-electron chi connectivity index (χ3n) is 6.86. The predicted octanol–water partition coefficient (Wildman–Crippen LogP) is 3.54. The third-order valence-corrected chi connectivity index (χ3v) is 7.72. The average Bonchev–Trinajstić information content (AvgIpc) is 3.43. The van der Waals surface area contributed by atoms with Gasteiger partial charge in [0.2, 0.25) is 6.79 Å². The monoisotopic (exact) mass is 368 g/mol. The van der Waals surface area contributed by atoms with Crippen LogP contribution in [0.15, 0.2) is 35.7 Å². The number of benzene rings is 1. The number of nitrogens with zero attached hydrogens (tertiary/aromatic N) is 2. The summed E-state index contributed by atoms with van der Waals surface area (Å²) in [6, 6.07) is 12.4. The number of rotatable bonds is 3. The molecule has 3 atom stereocenters. The maximum atomic E-state index is 5.66. The highest BCUT2D eigenvalue weighted by atomic mass is 32.1. The molecule has 0 N–H and O–H groups in total. The van der Waals surface area contributed by atoms with Crippen LogP contribution in [0.3, 0.4) is 0 Å². The van der Waals surface area contributed by atoms with Gasteiger partial charge in [0.25, 0.3) is 0 Å². The van der Waals surface area contributed by atoms with Gasteiger partial charge in [-0.15, -0.1) is 11.3 Å². The van der Waals surface area contributed by atoms with E-state index in [0.29, 0.717) is 24.8 Å². The standard InChI is InChI=1S/C21H24N2O2S/c1-2-16(26-9-1)11-23-12-17(15-3-4-18-19(10-15)25-13-24-18)21-20(23)14-5-7-22(21)8-6-14/h1-4,9-10,14,17,20-21H,5-8,11-13H2/t17-,20+,21+/m0/s1. The fraction of sp³-hybridized carbons (Fsp3) is 0.524. The van der Waals surface area contributed by atoms with E-state index >= 15 is 0 Å². The summed E-state index contributed by atoms with van der Waals surface area (Å²) in [5, 5.41) is 2.20. The lowest BCUT2D eigenvalue weighted by molar-refractivity contribution is -0.00845. The summed E-state index contributed by atoms with van der Waals surface area (Å²) < 4.78 is 11.2. The summed E-state index contributed by atoms with van der Waals surface area (Å²) in [5.74, 6) is 3.25. The van der Waals surface area contributed by atoms with Crippen LogP contribution in [0.1, 0.15) is 29.2 Å². The highest BCUT2D eigenvalue weighted by Gasteiger charge is 2.53. The molecular formula is C21H24N2O2S. The molecule has 1 aromatic carbocycles. The number of fused-ring (bicyclic) bond motifs is 3. The number of hydrogen-bond donors (Lipinski definition) is 0. The molecule has 6 heterocycles. The van der Waals surface area contributed by atoms with Crippen molar-refractivity contribution in [3.8, 4) is 11.5 Å². The molecule has 7 rings (SSSR count). The van der Waals surface area contributed by atoms with Crippen LogP contribution < -0.4 is 9.47 Å². The topological polar surface area (TPSA) is 24.9 Å². The first kappa shape index (κ1) is 15.5. The first-order chi connectivity index (χ1) is 12.9. The van der Waals surface area contributed by atoms with Crippen molar-refractivity contribution in [3.63, 3.8) is 0 Å². The number of ether oxygens (including phenoxy) is 2. The van der Waals surface area contributed by atoms with E-state index in [4.69, 9.17) is 9.47 Å². The van der Waals surface area contributed by atoms with Gasteiger partial charge < -0.3 is 9.47 Å². The zero-order valence-corrected chi connectivity index (χ0v) is 15.7. The number of hydrogen-bond acceptors (Lipinski definition) is 5. The number of thiophene rings is 1. The van der Waals surface area contributed by atoms with E-state index in [-0.39, 0.29) is 0 Å². The smallest absolute Gasteiger partial charge is 0.231 e. The first-order valence-corrected chi connectivity index (χ1v) is 10.6. The molecular weight excluding hydrogens is 344 g/mol. The second-order valence-corrected chi connectivity index (χ2v) is 9.11. The van der Waals surface area contributed by atoms with Crippen molar-refractivity contribution in [2.24, 2.45) is 5.92 Å². The van der Waals surface area contributed by atoms with Crippen LogP contribution in [0.2, 0.25) is 0 Å². The van der Waals surface area contributed by atoms with E-state index in [9.17, 15) is 0 Å². The Kier molecular flexibility index (Phi) is 3.56. The van der Waals surface area contributed by atoms with Crippen LogP contribution >= 0.6 is 11.3 Å². The molecule has 1 aromatic heterocycles. The van der Waals surface area contributed by atoms with Crippen LogP contribution in [0.25, 0.3) is 0 Å². The van der Waals surface area contributed by atoms with Gasteiger partial charge in [-0.1, -0.05) is 12.1 Å². The van der Waals surface area contributed by atoms with Gasteiger partial charge in [0.1, 0.15) is 0 Å². The van der Waals surface area contributed by atoms with Gasteiger partial charge in [0.05, 0.1) is 0 Å². The third kappa shape index (κ3) is 2.34. The quantitative estimate of drug-likeness (QED) is 0.827. The van der Waals surface area contributed by atoms with Crippen molar-refractivity contribution >= 4 is 11.3 Å². The van der Waals surface area contributed by atoms with E-state index in [0.717, 1.165) is 30.5 Å². The lowest BCUT2D eigenvalue weighted by Crippen LogP contribution is -2.59. The molecule has 26 heavy (non-hydrogen) atoms. The van der Waals surface area contributed by atoms with Crippen LogP contribution in [0, 0.1) is 5.92 Å². The molecule has 5 aliphatic heterocycles. The van der Waals surface area contributed by atoms with Gasteiger partial charge in [-0.25, -0.2) is 0 Å². The van der Waals surface area contributed by atoms with E-state index in [1.165, 1.54) is 36.4 Å². The fourth-order valence-corrected chi connectivity index (χ4v) is 6.49. The lowest BCUT2D eigenvalue weighted by Gasteiger charge is -2.51. The minimum Gasteiger partial charge on any atom is -0.454 e. The molecule has 0 saturated carbocycles. The normalized spacial score (nSPS) is 35.0.